The number of hydrogen-bond donors (Lipinski definition) is 0. The van der Waals surface area contributed by atoms with E-state index in [9.17, 15) is 4.39 Å². The Hall–Kier alpha value is -1.27. The monoisotopic (exact) mass is 241 g/mol. The van der Waals surface area contributed by atoms with Crippen LogP contribution < -0.4 is 4.90 Å². The highest BCUT2D eigenvalue weighted by Crippen LogP contribution is 2.24. The molecular formula is C11H16FN3O2. The standard InChI is InChI=1S/C11H16FN3O2/c1-16-7-9-3-10(17-2)6-15(9)11-13-4-8(12)5-14-11/h4-5,9-10H,3,6-7H2,1-2H3/t9-,10-/m0/s1. The van der Waals surface area contributed by atoms with Crippen LogP contribution in [-0.4, -0.2) is 49.5 Å². The third kappa shape index (κ3) is 2.70. The Labute approximate surface area is 99.6 Å². The molecule has 17 heavy (non-hydrogen) atoms. The van der Waals surface area contributed by atoms with Crippen LogP contribution in [0.1, 0.15) is 6.42 Å². The molecule has 0 aromatic carbocycles. The smallest absolute Gasteiger partial charge is 0.225 e. The maximum atomic E-state index is 12.8. The van der Waals surface area contributed by atoms with Gasteiger partial charge < -0.3 is 14.4 Å². The normalized spacial score (nSPS) is 24.3. The molecule has 0 aliphatic carbocycles. The maximum Gasteiger partial charge on any atom is 0.225 e. The topological polar surface area (TPSA) is 47.5 Å². The minimum atomic E-state index is -0.431. The second kappa shape index (κ2) is 5.37. The second-order valence-electron chi connectivity index (χ2n) is 4.06. The molecule has 2 rings (SSSR count). The van der Waals surface area contributed by atoms with E-state index in [-0.39, 0.29) is 12.1 Å². The van der Waals surface area contributed by atoms with Crippen LogP contribution in [0.3, 0.4) is 0 Å². The van der Waals surface area contributed by atoms with Crippen LogP contribution in [0.2, 0.25) is 0 Å². The number of anilines is 1. The van der Waals surface area contributed by atoms with Crippen molar-refractivity contribution >= 4 is 5.95 Å². The van der Waals surface area contributed by atoms with Gasteiger partial charge in [0.15, 0.2) is 5.82 Å². The molecule has 5 nitrogen and oxygen atoms in total. The van der Waals surface area contributed by atoms with E-state index >= 15 is 0 Å². The highest BCUT2D eigenvalue weighted by Gasteiger charge is 2.33. The minimum Gasteiger partial charge on any atom is -0.383 e. The van der Waals surface area contributed by atoms with Crippen LogP contribution in [0, 0.1) is 5.82 Å². The number of hydrogen-bond acceptors (Lipinski definition) is 5. The molecule has 1 aromatic heterocycles. The molecule has 1 aliphatic heterocycles. The Morgan fingerprint density at radius 3 is 2.71 bits per heavy atom. The van der Waals surface area contributed by atoms with Gasteiger partial charge in [0.05, 0.1) is 31.1 Å². The summed E-state index contributed by atoms with van der Waals surface area (Å²) in [6.07, 6.45) is 3.35. The predicted molar refractivity (Wildman–Crippen MR) is 60.4 cm³/mol. The Bertz CT molecular complexity index is 360. The Morgan fingerprint density at radius 2 is 2.12 bits per heavy atom. The molecule has 1 aromatic rings. The summed E-state index contributed by atoms with van der Waals surface area (Å²) < 4.78 is 23.3. The first kappa shape index (κ1) is 12.2. The molecule has 0 saturated carbocycles. The summed E-state index contributed by atoms with van der Waals surface area (Å²) in [4.78, 5) is 9.98. The molecule has 0 spiro atoms. The molecule has 0 unspecified atom stereocenters. The fourth-order valence-electron chi connectivity index (χ4n) is 2.09. The number of aromatic nitrogens is 2. The number of halogens is 1. The lowest BCUT2D eigenvalue weighted by molar-refractivity contribution is 0.111. The van der Waals surface area contributed by atoms with Gasteiger partial charge in [0, 0.05) is 20.8 Å². The van der Waals surface area contributed by atoms with Crippen molar-refractivity contribution < 1.29 is 13.9 Å². The molecule has 1 aliphatic rings. The van der Waals surface area contributed by atoms with Crippen molar-refractivity contribution in [3.8, 4) is 0 Å². The molecule has 0 radical (unpaired) electrons. The van der Waals surface area contributed by atoms with Crippen molar-refractivity contribution in [1.29, 1.82) is 0 Å². The molecule has 0 N–H and O–H groups in total. The van der Waals surface area contributed by atoms with Crippen molar-refractivity contribution in [2.24, 2.45) is 0 Å². The van der Waals surface area contributed by atoms with Gasteiger partial charge in [-0.05, 0) is 6.42 Å². The van der Waals surface area contributed by atoms with Gasteiger partial charge in [0.1, 0.15) is 0 Å². The van der Waals surface area contributed by atoms with Crippen LogP contribution in [0.15, 0.2) is 12.4 Å². The Morgan fingerprint density at radius 1 is 1.41 bits per heavy atom. The summed E-state index contributed by atoms with van der Waals surface area (Å²) >= 11 is 0. The Balaban J connectivity index is 2.14. The van der Waals surface area contributed by atoms with E-state index < -0.39 is 5.82 Å². The van der Waals surface area contributed by atoms with Crippen molar-refractivity contribution in [3.63, 3.8) is 0 Å². The average Bonchev–Trinajstić information content (AvgIpc) is 2.74. The van der Waals surface area contributed by atoms with Gasteiger partial charge in [-0.1, -0.05) is 0 Å². The highest BCUT2D eigenvalue weighted by molar-refractivity contribution is 5.33. The van der Waals surface area contributed by atoms with Crippen LogP contribution in [-0.2, 0) is 9.47 Å². The van der Waals surface area contributed by atoms with Crippen LogP contribution >= 0.6 is 0 Å². The van der Waals surface area contributed by atoms with E-state index in [4.69, 9.17) is 9.47 Å². The molecule has 2 atom stereocenters. The largest absolute Gasteiger partial charge is 0.383 e. The molecule has 94 valence electrons. The van der Waals surface area contributed by atoms with Crippen molar-refractivity contribution in [1.82, 2.24) is 9.97 Å². The van der Waals surface area contributed by atoms with Crippen molar-refractivity contribution in [3.05, 3.63) is 18.2 Å². The van der Waals surface area contributed by atoms with Gasteiger partial charge in [-0.15, -0.1) is 0 Å². The SMILES string of the molecule is COC[C@@H]1C[C@H](OC)CN1c1ncc(F)cn1. The van der Waals surface area contributed by atoms with Crippen molar-refractivity contribution in [2.75, 3.05) is 32.3 Å². The molecular weight excluding hydrogens is 225 g/mol. The second-order valence-corrected chi connectivity index (χ2v) is 4.06. The quantitative estimate of drug-likeness (QED) is 0.782. The lowest BCUT2D eigenvalue weighted by Gasteiger charge is -2.23. The first-order valence-electron chi connectivity index (χ1n) is 5.50. The third-order valence-electron chi connectivity index (χ3n) is 2.93. The van der Waals surface area contributed by atoms with Crippen LogP contribution in [0.25, 0.3) is 0 Å². The van der Waals surface area contributed by atoms with Gasteiger partial charge >= 0.3 is 0 Å². The molecule has 0 amide bonds. The Kier molecular flexibility index (Phi) is 3.86. The zero-order valence-corrected chi connectivity index (χ0v) is 9.97. The summed E-state index contributed by atoms with van der Waals surface area (Å²) in [5.74, 6) is 0.0903. The number of rotatable bonds is 4. The first-order chi connectivity index (χ1) is 8.24. The van der Waals surface area contributed by atoms with E-state index in [0.717, 1.165) is 6.42 Å². The van der Waals surface area contributed by atoms with E-state index in [1.807, 2.05) is 4.90 Å². The zero-order chi connectivity index (χ0) is 12.3. The van der Waals surface area contributed by atoms with E-state index in [2.05, 4.69) is 9.97 Å². The average molecular weight is 241 g/mol. The van der Waals surface area contributed by atoms with Gasteiger partial charge in [0.2, 0.25) is 5.95 Å². The van der Waals surface area contributed by atoms with Crippen LogP contribution in [0.4, 0.5) is 10.3 Å². The third-order valence-corrected chi connectivity index (χ3v) is 2.93. The fraction of sp³-hybridized carbons (Fsp3) is 0.636. The molecule has 6 heteroatoms. The first-order valence-corrected chi connectivity index (χ1v) is 5.50. The van der Waals surface area contributed by atoms with Crippen LogP contribution in [0.5, 0.6) is 0 Å². The summed E-state index contributed by atoms with van der Waals surface area (Å²) in [7, 11) is 3.34. The molecule has 2 heterocycles. The summed E-state index contributed by atoms with van der Waals surface area (Å²) in [5.41, 5.74) is 0. The number of methoxy groups -OCH3 is 2. The predicted octanol–water partition coefficient (Wildman–Crippen LogP) is 0.856. The zero-order valence-electron chi connectivity index (χ0n) is 9.97. The number of nitrogens with zero attached hydrogens (tertiary/aromatic N) is 3. The summed E-state index contributed by atoms with van der Waals surface area (Å²) in [6.45, 7) is 1.29. The minimum absolute atomic E-state index is 0.142. The summed E-state index contributed by atoms with van der Waals surface area (Å²) in [6, 6.07) is 0.176. The van der Waals surface area contributed by atoms with Gasteiger partial charge in [-0.2, -0.15) is 0 Å². The van der Waals surface area contributed by atoms with Gasteiger partial charge in [0.25, 0.3) is 0 Å². The van der Waals surface area contributed by atoms with E-state index in [1.54, 1.807) is 14.2 Å². The van der Waals surface area contributed by atoms with E-state index in [0.29, 0.717) is 19.1 Å². The molecule has 1 fully saturated rings. The van der Waals surface area contributed by atoms with Gasteiger partial charge in [-0.3, -0.25) is 0 Å². The fourth-order valence-corrected chi connectivity index (χ4v) is 2.09. The van der Waals surface area contributed by atoms with Crippen molar-refractivity contribution in [2.45, 2.75) is 18.6 Å². The maximum absolute atomic E-state index is 12.8. The lowest BCUT2D eigenvalue weighted by atomic mass is 10.2. The number of ether oxygens (including phenoxy) is 2. The molecule has 1 saturated heterocycles. The molecule has 0 bridgehead atoms. The van der Waals surface area contributed by atoms with E-state index in [1.165, 1.54) is 12.4 Å². The summed E-state index contributed by atoms with van der Waals surface area (Å²) in [5, 5.41) is 0. The highest BCUT2D eigenvalue weighted by atomic mass is 19.1. The van der Waals surface area contributed by atoms with Gasteiger partial charge in [-0.25, -0.2) is 14.4 Å². The lowest BCUT2D eigenvalue weighted by Crippen LogP contribution is -2.34.